The summed E-state index contributed by atoms with van der Waals surface area (Å²) in [5.41, 5.74) is -0.389. The van der Waals surface area contributed by atoms with Gasteiger partial charge in [-0.25, -0.2) is 13.2 Å². The van der Waals surface area contributed by atoms with E-state index in [4.69, 9.17) is 4.74 Å². The Morgan fingerprint density at radius 1 is 0.867 bits per heavy atom. The second-order valence-electron chi connectivity index (χ2n) is 8.72. The average Bonchev–Trinajstić information content (AvgIpc) is 2.73. The first-order valence-corrected chi connectivity index (χ1v) is 11.9. The maximum Gasteiger partial charge on any atom is 0.410 e. The molecule has 3 rings (SSSR count). The fourth-order valence-electron chi connectivity index (χ4n) is 3.70. The van der Waals surface area contributed by atoms with E-state index >= 15 is 0 Å². The number of hydrogen-bond acceptors (Lipinski definition) is 5. The lowest BCUT2D eigenvalue weighted by Gasteiger charge is -2.36. The maximum atomic E-state index is 13.2. The molecule has 2 amide bonds. The van der Waals surface area contributed by atoms with Crippen LogP contribution in [0, 0.1) is 0 Å². The first-order valence-electron chi connectivity index (χ1n) is 10.5. The number of piperazine rings is 1. The molecule has 0 bridgehead atoms. The summed E-state index contributed by atoms with van der Waals surface area (Å²) in [6.45, 7) is 7.76. The van der Waals surface area contributed by atoms with Crippen molar-refractivity contribution in [1.29, 1.82) is 0 Å². The van der Waals surface area contributed by atoms with Gasteiger partial charge in [0, 0.05) is 39.3 Å². The molecule has 0 radical (unpaired) electrons. The zero-order chi connectivity index (χ0) is 21.9. The highest BCUT2D eigenvalue weighted by Crippen LogP contribution is 2.25. The van der Waals surface area contributed by atoms with Crippen LogP contribution in [-0.2, 0) is 14.8 Å². The van der Waals surface area contributed by atoms with Crippen LogP contribution in [-0.4, -0.2) is 79.4 Å². The molecule has 166 valence electrons. The molecule has 0 unspecified atom stereocenters. The highest BCUT2D eigenvalue weighted by atomic mass is 32.2. The molecule has 8 nitrogen and oxygen atoms in total. The Labute approximate surface area is 178 Å². The number of benzene rings is 1. The fraction of sp³-hybridized carbons (Fsp3) is 0.619. The van der Waals surface area contributed by atoms with Crippen LogP contribution in [0.5, 0.6) is 0 Å². The first-order chi connectivity index (χ1) is 14.1. The van der Waals surface area contributed by atoms with Crippen LogP contribution in [0.15, 0.2) is 29.2 Å². The number of nitrogens with zero attached hydrogens (tertiary/aromatic N) is 3. The van der Waals surface area contributed by atoms with Crippen LogP contribution in [0.1, 0.15) is 50.4 Å². The number of piperidine rings is 1. The van der Waals surface area contributed by atoms with Crippen LogP contribution < -0.4 is 0 Å². The molecule has 2 saturated heterocycles. The van der Waals surface area contributed by atoms with Crippen molar-refractivity contribution >= 4 is 22.0 Å². The predicted molar refractivity (Wildman–Crippen MR) is 113 cm³/mol. The Kier molecular flexibility index (Phi) is 6.71. The lowest BCUT2D eigenvalue weighted by atomic mass is 10.2. The van der Waals surface area contributed by atoms with Crippen molar-refractivity contribution in [2.24, 2.45) is 0 Å². The molecular weight excluding hydrogens is 406 g/mol. The normalized spacial score (nSPS) is 18.9. The summed E-state index contributed by atoms with van der Waals surface area (Å²) in [5, 5.41) is 0. The lowest BCUT2D eigenvalue weighted by Crippen LogP contribution is -2.51. The van der Waals surface area contributed by atoms with E-state index in [1.165, 1.54) is 10.4 Å². The fourth-order valence-corrected chi connectivity index (χ4v) is 5.40. The molecule has 0 aliphatic carbocycles. The standard InChI is InChI=1S/C21H31N3O5S/c1-21(2,3)29-20(26)23-15-13-22(14-16-23)19(25)17-9-5-6-10-18(17)30(27,28)24-11-7-4-8-12-24/h5-6,9-10H,4,7-8,11-16H2,1-3H3. The molecule has 0 saturated carbocycles. The Hall–Kier alpha value is -2.13. The van der Waals surface area contributed by atoms with E-state index in [2.05, 4.69) is 0 Å². The molecule has 30 heavy (non-hydrogen) atoms. The smallest absolute Gasteiger partial charge is 0.410 e. The third-order valence-corrected chi connectivity index (χ3v) is 7.23. The number of ether oxygens (including phenoxy) is 1. The van der Waals surface area contributed by atoms with Gasteiger partial charge in [-0.05, 0) is 45.7 Å². The van der Waals surface area contributed by atoms with Crippen molar-refractivity contribution in [2.75, 3.05) is 39.3 Å². The van der Waals surface area contributed by atoms with Gasteiger partial charge in [0.25, 0.3) is 5.91 Å². The van der Waals surface area contributed by atoms with Gasteiger partial charge in [-0.3, -0.25) is 4.79 Å². The van der Waals surface area contributed by atoms with Crippen molar-refractivity contribution in [2.45, 2.75) is 50.5 Å². The number of carbonyl (C=O) groups is 2. The van der Waals surface area contributed by atoms with Crippen LogP contribution in [0.3, 0.4) is 0 Å². The van der Waals surface area contributed by atoms with Gasteiger partial charge in [0.2, 0.25) is 10.0 Å². The van der Waals surface area contributed by atoms with E-state index in [0.717, 1.165) is 19.3 Å². The van der Waals surface area contributed by atoms with Gasteiger partial charge in [-0.15, -0.1) is 0 Å². The monoisotopic (exact) mass is 437 g/mol. The minimum absolute atomic E-state index is 0.0615. The second kappa shape index (κ2) is 8.93. The van der Waals surface area contributed by atoms with E-state index in [0.29, 0.717) is 39.3 Å². The largest absolute Gasteiger partial charge is 0.444 e. The lowest BCUT2D eigenvalue weighted by molar-refractivity contribution is 0.0140. The molecule has 1 aromatic rings. The van der Waals surface area contributed by atoms with Crippen molar-refractivity contribution in [3.05, 3.63) is 29.8 Å². The Bertz CT molecular complexity index is 880. The van der Waals surface area contributed by atoms with Crippen LogP contribution in [0.4, 0.5) is 4.79 Å². The minimum atomic E-state index is -3.72. The van der Waals surface area contributed by atoms with Gasteiger partial charge in [0.1, 0.15) is 5.60 Å². The second-order valence-corrected chi connectivity index (χ2v) is 10.6. The van der Waals surface area contributed by atoms with Crippen LogP contribution in [0.25, 0.3) is 0 Å². The van der Waals surface area contributed by atoms with Gasteiger partial charge < -0.3 is 14.5 Å². The zero-order valence-corrected chi connectivity index (χ0v) is 18.8. The molecule has 2 heterocycles. The number of carbonyl (C=O) groups excluding carboxylic acids is 2. The summed E-state index contributed by atoms with van der Waals surface area (Å²) in [4.78, 5) is 28.6. The third kappa shape index (κ3) is 5.13. The summed E-state index contributed by atoms with van der Waals surface area (Å²) < 4.78 is 33.2. The number of amides is 2. The van der Waals surface area contributed by atoms with E-state index in [1.807, 2.05) is 20.8 Å². The molecule has 0 aromatic heterocycles. The summed E-state index contributed by atoms with van der Waals surface area (Å²) >= 11 is 0. The third-order valence-electron chi connectivity index (χ3n) is 5.27. The van der Waals surface area contributed by atoms with Crippen LogP contribution in [0.2, 0.25) is 0 Å². The van der Waals surface area contributed by atoms with Gasteiger partial charge in [0.15, 0.2) is 0 Å². The topological polar surface area (TPSA) is 87.2 Å². The van der Waals surface area contributed by atoms with Crippen LogP contribution >= 0.6 is 0 Å². The van der Waals surface area contributed by atoms with Gasteiger partial charge in [0.05, 0.1) is 10.5 Å². The summed E-state index contributed by atoms with van der Waals surface area (Å²) in [6, 6.07) is 6.40. The molecule has 9 heteroatoms. The van der Waals surface area contributed by atoms with Gasteiger partial charge >= 0.3 is 6.09 Å². The summed E-state index contributed by atoms with van der Waals surface area (Å²) in [5.74, 6) is -0.324. The maximum absolute atomic E-state index is 13.2. The van der Waals surface area contributed by atoms with E-state index in [-0.39, 0.29) is 16.4 Å². The molecule has 0 N–H and O–H groups in total. The molecule has 1 aromatic carbocycles. The molecule has 2 aliphatic rings. The molecular formula is C21H31N3O5S. The summed E-state index contributed by atoms with van der Waals surface area (Å²) in [7, 11) is -3.72. The predicted octanol–water partition coefficient (Wildman–Crippen LogP) is 2.55. The molecule has 2 aliphatic heterocycles. The Morgan fingerprint density at radius 3 is 2.03 bits per heavy atom. The van der Waals surface area contributed by atoms with E-state index < -0.39 is 21.7 Å². The SMILES string of the molecule is CC(C)(C)OC(=O)N1CCN(C(=O)c2ccccc2S(=O)(=O)N2CCCCC2)CC1. The van der Waals surface area contributed by atoms with Crippen molar-refractivity contribution in [3.63, 3.8) is 0 Å². The number of rotatable bonds is 3. The van der Waals surface area contributed by atoms with Gasteiger partial charge in [-0.2, -0.15) is 4.31 Å². The highest BCUT2D eigenvalue weighted by Gasteiger charge is 2.33. The van der Waals surface area contributed by atoms with Crippen molar-refractivity contribution in [1.82, 2.24) is 14.1 Å². The summed E-state index contributed by atoms with van der Waals surface area (Å²) in [6.07, 6.45) is 2.29. The van der Waals surface area contributed by atoms with Crippen molar-refractivity contribution < 1.29 is 22.7 Å². The average molecular weight is 438 g/mol. The minimum Gasteiger partial charge on any atom is -0.444 e. The number of hydrogen-bond donors (Lipinski definition) is 0. The first kappa shape index (κ1) is 22.6. The Balaban J connectivity index is 1.72. The van der Waals surface area contributed by atoms with Gasteiger partial charge in [-0.1, -0.05) is 18.6 Å². The quantitative estimate of drug-likeness (QED) is 0.725. The van der Waals surface area contributed by atoms with E-state index in [9.17, 15) is 18.0 Å². The highest BCUT2D eigenvalue weighted by molar-refractivity contribution is 7.89. The molecule has 2 fully saturated rings. The van der Waals surface area contributed by atoms with Crippen molar-refractivity contribution in [3.8, 4) is 0 Å². The zero-order valence-electron chi connectivity index (χ0n) is 18.0. The van der Waals surface area contributed by atoms with E-state index in [1.54, 1.807) is 28.0 Å². The Morgan fingerprint density at radius 2 is 1.43 bits per heavy atom. The molecule has 0 atom stereocenters. The molecule has 0 spiro atoms. The number of sulfonamides is 1.